The summed E-state index contributed by atoms with van der Waals surface area (Å²) in [6.07, 6.45) is 2.13. The quantitative estimate of drug-likeness (QED) is 0.863. The molecule has 1 aromatic heterocycles. The standard InChI is InChI=1S/C11H11NO4S/c13-9(14)10-5-11(6-10,7-10)17(15,16)8-3-1-2-4-12-8/h1-4H,5-7H2,(H,13,14). The van der Waals surface area contributed by atoms with E-state index >= 15 is 0 Å². The molecular weight excluding hydrogens is 242 g/mol. The number of nitrogens with zero attached hydrogens (tertiary/aromatic N) is 1. The first-order chi connectivity index (χ1) is 7.92. The molecular formula is C11H11NO4S. The molecule has 6 heteroatoms. The normalized spacial score (nSPS) is 34.6. The molecule has 5 nitrogen and oxygen atoms in total. The molecule has 1 N–H and O–H groups in total. The molecule has 1 aromatic rings. The summed E-state index contributed by atoms with van der Waals surface area (Å²) in [6, 6.07) is 4.74. The van der Waals surface area contributed by atoms with Crippen molar-refractivity contribution in [3.05, 3.63) is 24.4 Å². The SMILES string of the molecule is O=C(O)C12CC(S(=O)(=O)c3ccccn3)(C1)C2. The lowest BCUT2D eigenvalue weighted by atomic mass is 9.43. The van der Waals surface area contributed by atoms with Crippen LogP contribution in [0.2, 0.25) is 0 Å². The Labute approximate surface area is 98.4 Å². The van der Waals surface area contributed by atoms with E-state index in [0.717, 1.165) is 0 Å². The zero-order chi connectivity index (χ0) is 12.3. The van der Waals surface area contributed by atoms with E-state index in [1.54, 1.807) is 12.1 Å². The predicted molar refractivity (Wildman–Crippen MR) is 58.1 cm³/mol. The highest BCUT2D eigenvalue weighted by Gasteiger charge is 2.77. The molecule has 90 valence electrons. The number of sulfone groups is 1. The van der Waals surface area contributed by atoms with Crippen LogP contribution in [0.3, 0.4) is 0 Å². The lowest BCUT2D eigenvalue weighted by molar-refractivity contribution is -0.178. The van der Waals surface area contributed by atoms with Crippen LogP contribution in [0.4, 0.5) is 0 Å². The van der Waals surface area contributed by atoms with Gasteiger partial charge in [-0.2, -0.15) is 0 Å². The maximum atomic E-state index is 12.3. The first kappa shape index (κ1) is 10.7. The van der Waals surface area contributed by atoms with Gasteiger partial charge in [-0.15, -0.1) is 0 Å². The zero-order valence-corrected chi connectivity index (χ0v) is 9.77. The van der Waals surface area contributed by atoms with Gasteiger partial charge in [-0.05, 0) is 31.4 Å². The van der Waals surface area contributed by atoms with E-state index in [1.807, 2.05) is 0 Å². The number of carbonyl (C=O) groups is 1. The van der Waals surface area contributed by atoms with Gasteiger partial charge in [-0.25, -0.2) is 13.4 Å². The molecule has 3 aliphatic rings. The molecule has 3 saturated carbocycles. The van der Waals surface area contributed by atoms with Crippen molar-refractivity contribution in [3.8, 4) is 0 Å². The highest BCUT2D eigenvalue weighted by molar-refractivity contribution is 7.93. The highest BCUT2D eigenvalue weighted by atomic mass is 32.2. The summed E-state index contributed by atoms with van der Waals surface area (Å²) in [6.45, 7) is 0. The number of aromatic nitrogens is 1. The Morgan fingerprint density at radius 3 is 2.41 bits per heavy atom. The number of carboxylic acids is 1. The summed E-state index contributed by atoms with van der Waals surface area (Å²) in [5.74, 6) is -0.879. The molecule has 0 aliphatic heterocycles. The van der Waals surface area contributed by atoms with E-state index in [0.29, 0.717) is 0 Å². The van der Waals surface area contributed by atoms with Gasteiger partial charge in [0.2, 0.25) is 9.84 Å². The Bertz CT molecular complexity index is 573. The van der Waals surface area contributed by atoms with Crippen molar-refractivity contribution in [1.29, 1.82) is 0 Å². The van der Waals surface area contributed by atoms with Crippen LogP contribution < -0.4 is 0 Å². The van der Waals surface area contributed by atoms with Gasteiger partial charge in [0.05, 0.1) is 10.2 Å². The fraction of sp³-hybridized carbons (Fsp3) is 0.455. The van der Waals surface area contributed by atoms with Gasteiger partial charge in [0.1, 0.15) is 0 Å². The summed E-state index contributed by atoms with van der Waals surface area (Å²) >= 11 is 0. The van der Waals surface area contributed by atoms with Gasteiger partial charge >= 0.3 is 5.97 Å². The predicted octanol–water partition coefficient (Wildman–Crippen LogP) is 0.863. The Balaban J connectivity index is 1.92. The number of aliphatic carboxylic acids is 1. The number of carboxylic acid groups (broad SMARTS) is 1. The number of pyridine rings is 1. The van der Waals surface area contributed by atoms with Gasteiger partial charge in [-0.1, -0.05) is 6.07 Å². The van der Waals surface area contributed by atoms with Gasteiger partial charge in [0.25, 0.3) is 0 Å². The highest BCUT2D eigenvalue weighted by Crippen LogP contribution is 2.71. The first-order valence-corrected chi connectivity index (χ1v) is 6.79. The van der Waals surface area contributed by atoms with E-state index in [9.17, 15) is 13.2 Å². The maximum absolute atomic E-state index is 12.3. The van der Waals surface area contributed by atoms with Crippen LogP contribution in [0.1, 0.15) is 19.3 Å². The summed E-state index contributed by atoms with van der Waals surface area (Å²) in [4.78, 5) is 14.8. The van der Waals surface area contributed by atoms with Crippen LogP contribution in [0.5, 0.6) is 0 Å². The van der Waals surface area contributed by atoms with Crippen LogP contribution in [0.15, 0.2) is 29.4 Å². The van der Waals surface area contributed by atoms with Gasteiger partial charge < -0.3 is 5.11 Å². The third kappa shape index (κ3) is 1.11. The van der Waals surface area contributed by atoms with Crippen LogP contribution >= 0.6 is 0 Å². The van der Waals surface area contributed by atoms with Gasteiger partial charge in [0, 0.05) is 6.20 Å². The van der Waals surface area contributed by atoms with Crippen molar-refractivity contribution < 1.29 is 18.3 Å². The van der Waals surface area contributed by atoms with Crippen LogP contribution in [0, 0.1) is 5.41 Å². The monoisotopic (exact) mass is 253 g/mol. The summed E-state index contributed by atoms with van der Waals surface area (Å²) in [5.41, 5.74) is -0.776. The summed E-state index contributed by atoms with van der Waals surface area (Å²) in [7, 11) is -3.48. The van der Waals surface area contributed by atoms with Crippen molar-refractivity contribution in [1.82, 2.24) is 4.98 Å². The molecule has 17 heavy (non-hydrogen) atoms. The molecule has 0 radical (unpaired) electrons. The van der Waals surface area contributed by atoms with E-state index in [-0.39, 0.29) is 24.3 Å². The smallest absolute Gasteiger partial charge is 0.309 e. The molecule has 2 bridgehead atoms. The Kier molecular flexibility index (Phi) is 1.81. The topological polar surface area (TPSA) is 84.3 Å². The lowest BCUT2D eigenvalue weighted by Gasteiger charge is -2.66. The van der Waals surface area contributed by atoms with Crippen LogP contribution in [-0.2, 0) is 14.6 Å². The van der Waals surface area contributed by atoms with Gasteiger partial charge in [-0.3, -0.25) is 4.79 Å². The zero-order valence-electron chi connectivity index (χ0n) is 8.96. The molecule has 0 atom stereocenters. The maximum Gasteiger partial charge on any atom is 0.309 e. The molecule has 0 amide bonds. The van der Waals surface area contributed by atoms with Crippen molar-refractivity contribution in [2.24, 2.45) is 5.41 Å². The molecule has 0 saturated heterocycles. The largest absolute Gasteiger partial charge is 0.481 e. The van der Waals surface area contributed by atoms with Crippen LogP contribution in [-0.4, -0.2) is 29.2 Å². The van der Waals surface area contributed by atoms with Crippen molar-refractivity contribution in [3.63, 3.8) is 0 Å². The minimum atomic E-state index is -3.48. The first-order valence-electron chi connectivity index (χ1n) is 5.31. The molecule has 0 aromatic carbocycles. The van der Waals surface area contributed by atoms with Crippen molar-refractivity contribution in [2.75, 3.05) is 0 Å². The fourth-order valence-corrected chi connectivity index (χ4v) is 5.23. The second-order valence-corrected chi connectivity index (χ2v) is 7.26. The molecule has 4 rings (SSSR count). The third-order valence-electron chi connectivity index (χ3n) is 3.92. The number of hydrogen-bond acceptors (Lipinski definition) is 4. The van der Waals surface area contributed by atoms with Crippen LogP contribution in [0.25, 0.3) is 0 Å². The minimum absolute atomic E-state index is 0.0543. The summed E-state index contributed by atoms with van der Waals surface area (Å²) in [5, 5.41) is 9.03. The minimum Gasteiger partial charge on any atom is -0.481 e. The second-order valence-electron chi connectivity index (χ2n) is 4.97. The molecule has 0 spiro atoms. The average Bonchev–Trinajstić information content (AvgIpc) is 2.13. The van der Waals surface area contributed by atoms with E-state index in [2.05, 4.69) is 4.98 Å². The molecule has 3 aliphatic carbocycles. The van der Waals surface area contributed by atoms with E-state index in [1.165, 1.54) is 12.3 Å². The Hall–Kier alpha value is -1.43. The summed E-state index contributed by atoms with van der Waals surface area (Å²) < 4.78 is 23.7. The lowest BCUT2D eigenvalue weighted by Crippen LogP contribution is -2.73. The number of rotatable bonds is 3. The molecule has 3 fully saturated rings. The average molecular weight is 253 g/mol. The van der Waals surface area contributed by atoms with Crippen molar-refractivity contribution in [2.45, 2.75) is 29.0 Å². The number of hydrogen-bond donors (Lipinski definition) is 1. The molecule has 1 heterocycles. The Morgan fingerprint density at radius 2 is 1.94 bits per heavy atom. The Morgan fingerprint density at radius 1 is 1.29 bits per heavy atom. The van der Waals surface area contributed by atoms with Gasteiger partial charge in [0.15, 0.2) is 5.03 Å². The van der Waals surface area contributed by atoms with E-state index < -0.39 is 26.0 Å². The second kappa shape index (κ2) is 2.87. The third-order valence-corrected chi connectivity index (χ3v) is 6.28. The van der Waals surface area contributed by atoms with E-state index in [4.69, 9.17) is 5.11 Å². The fourth-order valence-electron chi connectivity index (χ4n) is 2.93. The molecule has 0 unspecified atom stereocenters. The van der Waals surface area contributed by atoms with Crippen molar-refractivity contribution >= 4 is 15.8 Å².